The maximum Gasteiger partial charge on any atom is 0.252 e. The Morgan fingerprint density at radius 2 is 2.03 bits per heavy atom. The van der Waals surface area contributed by atoms with E-state index in [0.717, 1.165) is 12.0 Å². The Morgan fingerprint density at radius 1 is 1.19 bits per heavy atom. The molecule has 0 aliphatic carbocycles. The average molecular weight is 459 g/mol. The van der Waals surface area contributed by atoms with Crippen molar-refractivity contribution in [2.45, 2.75) is 33.3 Å². The third kappa shape index (κ3) is 6.31. The number of aromatic nitrogens is 2. The van der Waals surface area contributed by atoms with Crippen molar-refractivity contribution in [2.75, 3.05) is 12.0 Å². The van der Waals surface area contributed by atoms with Crippen LogP contribution in [0.2, 0.25) is 5.02 Å². The number of nitrogens with zero attached hydrogens (tertiary/aromatic N) is 2. The molecule has 0 saturated heterocycles. The predicted octanol–water partition coefficient (Wildman–Crippen LogP) is 4.94. The second kappa shape index (κ2) is 11.3. The number of benzene rings is 2. The van der Waals surface area contributed by atoms with Gasteiger partial charge in [0, 0.05) is 17.3 Å². The van der Waals surface area contributed by atoms with Gasteiger partial charge in [-0.05, 0) is 49.2 Å². The monoisotopic (exact) mass is 458 g/mol. The Balaban J connectivity index is 1.72. The quantitative estimate of drug-likeness (QED) is 0.332. The molecule has 0 saturated carbocycles. The fraction of sp³-hybridized carbons (Fsp3) is 0.261. The van der Waals surface area contributed by atoms with Crippen molar-refractivity contribution < 1.29 is 13.9 Å². The molecule has 0 spiro atoms. The summed E-state index contributed by atoms with van der Waals surface area (Å²) in [5, 5.41) is 4.43. The molecule has 0 aliphatic rings. The summed E-state index contributed by atoms with van der Waals surface area (Å²) >= 11 is 6.06. The Morgan fingerprint density at radius 3 is 2.78 bits per heavy atom. The van der Waals surface area contributed by atoms with E-state index in [0.29, 0.717) is 35.2 Å². The smallest absolute Gasteiger partial charge is 0.252 e. The lowest BCUT2D eigenvalue weighted by molar-refractivity contribution is 0.266. The van der Waals surface area contributed by atoms with Crippen LogP contribution in [0.25, 0.3) is 0 Å². The lowest BCUT2D eigenvalue weighted by Gasteiger charge is -2.13. The Bertz CT molecular complexity index is 1130. The number of hydrazone groups is 1. The first kappa shape index (κ1) is 23.3. The third-order valence-electron chi connectivity index (χ3n) is 4.39. The first-order valence-corrected chi connectivity index (χ1v) is 10.6. The summed E-state index contributed by atoms with van der Waals surface area (Å²) in [6.07, 6.45) is 3.16. The minimum Gasteiger partial charge on any atom is -0.490 e. The average Bonchev–Trinajstić information content (AvgIpc) is 2.75. The minimum absolute atomic E-state index is 0.0340. The number of aryl methyl sites for hydroxylation is 1. The number of hydrogen-bond acceptors (Lipinski definition) is 6. The second-order valence-corrected chi connectivity index (χ2v) is 7.24. The summed E-state index contributed by atoms with van der Waals surface area (Å²) in [5.41, 5.74) is 4.19. The SMILES string of the molecule is CCCc1cc(=O)[nH]c(N/N=C\c2ccc(OCc3c(F)cccc3Cl)c(OCC)c2)n1. The Hall–Kier alpha value is -3.39. The molecular weight excluding hydrogens is 435 g/mol. The molecule has 1 aromatic heterocycles. The molecule has 0 fully saturated rings. The summed E-state index contributed by atoms with van der Waals surface area (Å²) in [4.78, 5) is 18.6. The number of hydrogen-bond donors (Lipinski definition) is 2. The highest BCUT2D eigenvalue weighted by Gasteiger charge is 2.11. The van der Waals surface area contributed by atoms with E-state index < -0.39 is 5.82 Å². The van der Waals surface area contributed by atoms with Crippen molar-refractivity contribution in [1.82, 2.24) is 9.97 Å². The molecule has 0 unspecified atom stereocenters. The lowest BCUT2D eigenvalue weighted by atomic mass is 10.2. The first-order chi connectivity index (χ1) is 15.5. The van der Waals surface area contributed by atoms with Gasteiger partial charge >= 0.3 is 0 Å². The fourth-order valence-corrected chi connectivity index (χ4v) is 3.14. The first-order valence-electron chi connectivity index (χ1n) is 10.2. The zero-order valence-corrected chi connectivity index (χ0v) is 18.6. The fourth-order valence-electron chi connectivity index (χ4n) is 2.93. The van der Waals surface area contributed by atoms with Crippen molar-refractivity contribution in [3.05, 3.63) is 80.5 Å². The minimum atomic E-state index is -0.431. The van der Waals surface area contributed by atoms with Gasteiger partial charge in [0.15, 0.2) is 11.5 Å². The molecule has 32 heavy (non-hydrogen) atoms. The van der Waals surface area contributed by atoms with Crippen LogP contribution >= 0.6 is 11.6 Å². The molecule has 3 rings (SSSR count). The molecule has 0 radical (unpaired) electrons. The van der Waals surface area contributed by atoms with Crippen LogP contribution in [0.4, 0.5) is 10.3 Å². The van der Waals surface area contributed by atoms with Gasteiger partial charge in [0.1, 0.15) is 12.4 Å². The van der Waals surface area contributed by atoms with Gasteiger partial charge in [0.2, 0.25) is 5.95 Å². The van der Waals surface area contributed by atoms with Gasteiger partial charge < -0.3 is 9.47 Å². The molecule has 168 valence electrons. The van der Waals surface area contributed by atoms with Crippen molar-refractivity contribution in [3.8, 4) is 11.5 Å². The topological polar surface area (TPSA) is 88.6 Å². The van der Waals surface area contributed by atoms with E-state index in [-0.39, 0.29) is 23.7 Å². The molecule has 0 atom stereocenters. The molecule has 0 aliphatic heterocycles. The molecule has 0 amide bonds. The standard InChI is InChI=1S/C23H24ClFN4O3/c1-3-6-16-12-22(30)28-23(27-16)29-26-13-15-9-10-20(21(11-15)31-4-2)32-14-17-18(24)7-5-8-19(17)25/h5,7-13H,3-4,6,14H2,1-2H3,(H2,27,28,29,30)/b26-13-. The van der Waals surface area contributed by atoms with Crippen LogP contribution < -0.4 is 20.5 Å². The molecule has 9 heteroatoms. The van der Waals surface area contributed by atoms with Crippen LogP contribution in [0.3, 0.4) is 0 Å². The summed E-state index contributed by atoms with van der Waals surface area (Å²) in [5.74, 6) is 0.777. The third-order valence-corrected chi connectivity index (χ3v) is 4.74. The number of halogens is 2. The van der Waals surface area contributed by atoms with E-state index >= 15 is 0 Å². The van der Waals surface area contributed by atoms with Gasteiger partial charge in [0.05, 0.1) is 17.8 Å². The van der Waals surface area contributed by atoms with Gasteiger partial charge in [-0.2, -0.15) is 5.10 Å². The number of anilines is 1. The number of rotatable bonds is 10. The number of nitrogens with one attached hydrogen (secondary N) is 2. The van der Waals surface area contributed by atoms with E-state index in [2.05, 4.69) is 20.5 Å². The lowest BCUT2D eigenvalue weighted by Crippen LogP contribution is -2.12. The summed E-state index contributed by atoms with van der Waals surface area (Å²) in [7, 11) is 0. The molecule has 0 bridgehead atoms. The Kier molecular flexibility index (Phi) is 8.21. The van der Waals surface area contributed by atoms with E-state index in [1.54, 1.807) is 36.5 Å². The molecule has 2 aromatic carbocycles. The number of ether oxygens (including phenoxy) is 2. The second-order valence-electron chi connectivity index (χ2n) is 6.83. The van der Waals surface area contributed by atoms with Crippen molar-refractivity contribution in [2.24, 2.45) is 5.10 Å². The Labute approximate surface area is 190 Å². The van der Waals surface area contributed by atoms with Crippen molar-refractivity contribution in [1.29, 1.82) is 0 Å². The van der Waals surface area contributed by atoms with E-state index in [1.165, 1.54) is 12.1 Å². The number of H-pyrrole nitrogens is 1. The largest absolute Gasteiger partial charge is 0.490 e. The molecule has 1 heterocycles. The zero-order chi connectivity index (χ0) is 22.9. The van der Waals surface area contributed by atoms with Crippen molar-refractivity contribution >= 4 is 23.8 Å². The van der Waals surface area contributed by atoms with Gasteiger partial charge in [-0.15, -0.1) is 0 Å². The normalized spacial score (nSPS) is 11.0. The van der Waals surface area contributed by atoms with Crippen LogP contribution in [-0.4, -0.2) is 22.8 Å². The summed E-state index contributed by atoms with van der Waals surface area (Å²) in [6.45, 7) is 4.26. The van der Waals surface area contributed by atoms with E-state index in [9.17, 15) is 9.18 Å². The van der Waals surface area contributed by atoms with Crippen molar-refractivity contribution in [3.63, 3.8) is 0 Å². The highest BCUT2D eigenvalue weighted by atomic mass is 35.5. The maximum absolute atomic E-state index is 14.0. The highest BCUT2D eigenvalue weighted by Crippen LogP contribution is 2.30. The van der Waals surface area contributed by atoms with E-state index in [1.807, 2.05) is 13.8 Å². The van der Waals surface area contributed by atoms with Crippen LogP contribution in [0.15, 0.2) is 52.4 Å². The zero-order valence-electron chi connectivity index (χ0n) is 17.8. The van der Waals surface area contributed by atoms with Crippen LogP contribution in [0.5, 0.6) is 11.5 Å². The van der Waals surface area contributed by atoms with Gasteiger partial charge in [-0.1, -0.05) is 31.0 Å². The predicted molar refractivity (Wildman–Crippen MR) is 123 cm³/mol. The molecule has 3 aromatic rings. The maximum atomic E-state index is 14.0. The van der Waals surface area contributed by atoms with Gasteiger partial charge in [-0.3, -0.25) is 9.78 Å². The van der Waals surface area contributed by atoms with Crippen LogP contribution in [0.1, 0.15) is 37.1 Å². The number of aromatic amines is 1. The van der Waals surface area contributed by atoms with Crippen LogP contribution in [-0.2, 0) is 13.0 Å². The molecular formula is C23H24ClFN4O3. The highest BCUT2D eigenvalue weighted by molar-refractivity contribution is 6.31. The molecule has 7 nitrogen and oxygen atoms in total. The van der Waals surface area contributed by atoms with E-state index in [4.69, 9.17) is 21.1 Å². The summed E-state index contributed by atoms with van der Waals surface area (Å²) < 4.78 is 25.4. The van der Waals surface area contributed by atoms with Gasteiger partial charge in [-0.25, -0.2) is 14.8 Å². The summed E-state index contributed by atoms with van der Waals surface area (Å²) in [6, 6.07) is 11.2. The van der Waals surface area contributed by atoms with Gasteiger partial charge in [0.25, 0.3) is 5.56 Å². The van der Waals surface area contributed by atoms with Crippen LogP contribution in [0, 0.1) is 5.82 Å². The molecule has 2 N–H and O–H groups in total.